The maximum atomic E-state index is 11.9. The standard InChI is InChI=1S/C13H21N2O4P/c1-9(2)13(20(17,18)19)15-12(16)11(14)8-10-6-4-3-5-7-10/h3-7,9,11,13H,8,14H2,1-2H3,(H,15,16)(H2,17,18,19)/t11-,13+/m0/s1. The quantitative estimate of drug-likeness (QED) is 0.581. The normalized spacial score (nSPS) is 14.9. The van der Waals surface area contributed by atoms with E-state index in [0.717, 1.165) is 5.56 Å². The number of hydrogen-bond donors (Lipinski definition) is 4. The highest BCUT2D eigenvalue weighted by atomic mass is 31.2. The molecule has 20 heavy (non-hydrogen) atoms. The summed E-state index contributed by atoms with van der Waals surface area (Å²) in [5.74, 6) is -2.16. The fourth-order valence-electron chi connectivity index (χ4n) is 1.85. The van der Waals surface area contributed by atoms with Gasteiger partial charge in [0.05, 0.1) is 6.04 Å². The molecule has 0 radical (unpaired) electrons. The van der Waals surface area contributed by atoms with Crippen LogP contribution < -0.4 is 11.1 Å². The molecule has 0 fully saturated rings. The molecule has 1 aromatic carbocycles. The van der Waals surface area contributed by atoms with Crippen LogP contribution in [0.5, 0.6) is 0 Å². The van der Waals surface area contributed by atoms with Gasteiger partial charge in [-0.2, -0.15) is 0 Å². The SMILES string of the molecule is CC(C)[C@H](NC(=O)[C@@H](N)Cc1ccccc1)P(=O)(O)O. The second kappa shape index (κ2) is 6.99. The van der Waals surface area contributed by atoms with Crippen molar-refractivity contribution < 1.29 is 19.1 Å². The third-order valence-electron chi connectivity index (χ3n) is 2.92. The van der Waals surface area contributed by atoms with Crippen LogP contribution in [0.3, 0.4) is 0 Å². The molecular formula is C13H21N2O4P. The summed E-state index contributed by atoms with van der Waals surface area (Å²) in [6.45, 7) is 3.26. The number of hydrogen-bond acceptors (Lipinski definition) is 3. The van der Waals surface area contributed by atoms with Crippen LogP contribution in [0.4, 0.5) is 0 Å². The monoisotopic (exact) mass is 300 g/mol. The first-order valence-corrected chi connectivity index (χ1v) is 8.05. The van der Waals surface area contributed by atoms with Gasteiger partial charge >= 0.3 is 7.60 Å². The molecule has 0 saturated heterocycles. The minimum absolute atomic E-state index is 0.318. The highest BCUT2D eigenvalue weighted by molar-refractivity contribution is 7.52. The number of carbonyl (C=O) groups excluding carboxylic acids is 1. The molecule has 0 aromatic heterocycles. The molecule has 0 spiro atoms. The molecule has 0 saturated carbocycles. The highest BCUT2D eigenvalue weighted by Crippen LogP contribution is 2.43. The predicted octanol–water partition coefficient (Wildman–Crippen LogP) is 0.832. The lowest BCUT2D eigenvalue weighted by Gasteiger charge is -2.24. The van der Waals surface area contributed by atoms with E-state index in [1.165, 1.54) is 0 Å². The third kappa shape index (κ3) is 5.06. The number of carbonyl (C=O) groups is 1. The molecule has 1 rings (SSSR count). The van der Waals surface area contributed by atoms with Gasteiger partial charge in [0.2, 0.25) is 5.91 Å². The lowest BCUT2D eigenvalue weighted by atomic mass is 10.1. The van der Waals surface area contributed by atoms with Crippen LogP contribution in [0, 0.1) is 5.92 Å². The summed E-state index contributed by atoms with van der Waals surface area (Å²) in [6, 6.07) is 8.38. The van der Waals surface area contributed by atoms with Gasteiger partial charge in [0, 0.05) is 0 Å². The van der Waals surface area contributed by atoms with E-state index in [4.69, 9.17) is 5.73 Å². The Morgan fingerprint density at radius 1 is 1.30 bits per heavy atom. The van der Waals surface area contributed by atoms with Gasteiger partial charge in [0.25, 0.3) is 0 Å². The second-order valence-electron chi connectivity index (χ2n) is 5.08. The van der Waals surface area contributed by atoms with Crippen molar-refractivity contribution in [2.24, 2.45) is 11.7 Å². The van der Waals surface area contributed by atoms with E-state index in [1.54, 1.807) is 13.8 Å². The maximum absolute atomic E-state index is 11.9. The van der Waals surface area contributed by atoms with Gasteiger partial charge in [-0.15, -0.1) is 0 Å². The van der Waals surface area contributed by atoms with Gasteiger partial charge in [-0.1, -0.05) is 44.2 Å². The molecule has 0 aliphatic heterocycles. The minimum atomic E-state index is -4.40. The summed E-state index contributed by atoms with van der Waals surface area (Å²) in [5.41, 5.74) is 6.67. The van der Waals surface area contributed by atoms with E-state index in [-0.39, 0.29) is 5.92 Å². The molecule has 2 atom stereocenters. The third-order valence-corrected chi connectivity index (χ3v) is 4.37. The van der Waals surface area contributed by atoms with Crippen molar-refractivity contribution in [2.75, 3.05) is 0 Å². The molecule has 1 aromatic rings. The summed E-state index contributed by atoms with van der Waals surface area (Å²) in [6.07, 6.45) is 0.318. The topological polar surface area (TPSA) is 113 Å². The summed E-state index contributed by atoms with van der Waals surface area (Å²) in [7, 11) is -4.40. The van der Waals surface area contributed by atoms with Crippen molar-refractivity contribution in [3.63, 3.8) is 0 Å². The maximum Gasteiger partial charge on any atom is 0.347 e. The van der Waals surface area contributed by atoms with E-state index >= 15 is 0 Å². The summed E-state index contributed by atoms with van der Waals surface area (Å²) in [5, 5.41) is 2.35. The molecule has 0 heterocycles. The highest BCUT2D eigenvalue weighted by Gasteiger charge is 2.34. The van der Waals surface area contributed by atoms with Crippen LogP contribution >= 0.6 is 7.60 Å². The summed E-state index contributed by atoms with van der Waals surface area (Å²) < 4.78 is 11.3. The molecule has 0 aliphatic carbocycles. The Bertz CT molecular complexity index is 486. The van der Waals surface area contributed by atoms with Crippen molar-refractivity contribution in [3.05, 3.63) is 35.9 Å². The molecule has 0 bridgehead atoms. The fraction of sp³-hybridized carbons (Fsp3) is 0.462. The van der Waals surface area contributed by atoms with Crippen molar-refractivity contribution in [1.82, 2.24) is 5.32 Å². The van der Waals surface area contributed by atoms with E-state index in [0.29, 0.717) is 6.42 Å². The van der Waals surface area contributed by atoms with Crippen molar-refractivity contribution in [1.29, 1.82) is 0 Å². The van der Waals surface area contributed by atoms with Crippen LogP contribution in [-0.2, 0) is 15.8 Å². The van der Waals surface area contributed by atoms with E-state index in [9.17, 15) is 19.1 Å². The molecule has 7 heteroatoms. The van der Waals surface area contributed by atoms with Crippen LogP contribution in [-0.4, -0.2) is 27.5 Å². The van der Waals surface area contributed by atoms with Gasteiger partial charge in [-0.25, -0.2) is 0 Å². The van der Waals surface area contributed by atoms with Crippen molar-refractivity contribution in [3.8, 4) is 0 Å². The first kappa shape index (κ1) is 16.9. The van der Waals surface area contributed by atoms with Crippen LogP contribution in [0.2, 0.25) is 0 Å². The van der Waals surface area contributed by atoms with Crippen LogP contribution in [0.15, 0.2) is 30.3 Å². The number of benzene rings is 1. The van der Waals surface area contributed by atoms with E-state index in [2.05, 4.69) is 5.32 Å². The zero-order valence-electron chi connectivity index (χ0n) is 11.6. The van der Waals surface area contributed by atoms with Crippen LogP contribution in [0.1, 0.15) is 19.4 Å². The van der Waals surface area contributed by atoms with Gasteiger partial charge in [0.1, 0.15) is 5.78 Å². The average Bonchev–Trinajstić information content (AvgIpc) is 2.34. The second-order valence-corrected chi connectivity index (χ2v) is 6.82. The predicted molar refractivity (Wildman–Crippen MR) is 76.9 cm³/mol. The smallest absolute Gasteiger partial charge is 0.340 e. The summed E-state index contributed by atoms with van der Waals surface area (Å²) in [4.78, 5) is 30.4. The lowest BCUT2D eigenvalue weighted by molar-refractivity contribution is -0.122. The Labute approximate surface area is 118 Å². The van der Waals surface area contributed by atoms with Crippen LogP contribution in [0.25, 0.3) is 0 Å². The molecule has 0 unspecified atom stereocenters. The Morgan fingerprint density at radius 2 is 1.85 bits per heavy atom. The average molecular weight is 300 g/mol. The molecule has 112 valence electrons. The van der Waals surface area contributed by atoms with Gasteiger partial charge < -0.3 is 20.8 Å². The number of nitrogens with one attached hydrogen (secondary N) is 1. The van der Waals surface area contributed by atoms with E-state index < -0.39 is 25.3 Å². The minimum Gasteiger partial charge on any atom is -0.340 e. The van der Waals surface area contributed by atoms with Crippen molar-refractivity contribution in [2.45, 2.75) is 32.1 Å². The van der Waals surface area contributed by atoms with Crippen molar-refractivity contribution >= 4 is 13.5 Å². The largest absolute Gasteiger partial charge is 0.347 e. The molecule has 6 nitrogen and oxygen atoms in total. The molecule has 1 amide bonds. The van der Waals surface area contributed by atoms with Gasteiger partial charge in [-0.05, 0) is 17.9 Å². The summed E-state index contributed by atoms with van der Waals surface area (Å²) >= 11 is 0. The number of amides is 1. The Morgan fingerprint density at radius 3 is 2.30 bits per heavy atom. The fourth-order valence-corrected chi connectivity index (χ4v) is 2.92. The Balaban J connectivity index is 2.67. The van der Waals surface area contributed by atoms with Gasteiger partial charge in [0.15, 0.2) is 0 Å². The molecular weight excluding hydrogens is 279 g/mol. The molecule has 5 N–H and O–H groups in total. The lowest BCUT2D eigenvalue weighted by Crippen LogP contribution is -2.47. The number of rotatable bonds is 6. The Kier molecular flexibility index (Phi) is 5.89. The van der Waals surface area contributed by atoms with Gasteiger partial charge in [-0.3, -0.25) is 9.36 Å². The Hall–Kier alpha value is -1.20. The van der Waals surface area contributed by atoms with E-state index in [1.807, 2.05) is 30.3 Å². The first-order chi connectivity index (χ1) is 9.21. The zero-order chi connectivity index (χ0) is 15.3. The zero-order valence-corrected chi connectivity index (χ0v) is 12.5. The molecule has 0 aliphatic rings. The number of nitrogens with two attached hydrogens (primary N) is 1. The first-order valence-electron chi connectivity index (χ1n) is 6.37.